The van der Waals surface area contributed by atoms with E-state index >= 15 is 0 Å². The summed E-state index contributed by atoms with van der Waals surface area (Å²) in [6.45, 7) is 1.91. The molecule has 0 aliphatic heterocycles. The summed E-state index contributed by atoms with van der Waals surface area (Å²) in [5.74, 6) is 0.333. The molecule has 0 aliphatic carbocycles. The van der Waals surface area contributed by atoms with Crippen LogP contribution in [0.3, 0.4) is 0 Å². The third-order valence-corrected chi connectivity index (χ3v) is 2.34. The zero-order chi connectivity index (χ0) is 13.5. The first kappa shape index (κ1) is 12.9. The third-order valence-electron chi connectivity index (χ3n) is 2.34. The number of hydrazone groups is 1. The summed E-state index contributed by atoms with van der Waals surface area (Å²) in [5.41, 5.74) is 4.28. The van der Waals surface area contributed by atoms with E-state index in [4.69, 9.17) is 9.15 Å². The van der Waals surface area contributed by atoms with Gasteiger partial charge in [-0.15, -0.1) is 0 Å². The minimum Gasteiger partial charge on any atom is -0.484 e. The lowest BCUT2D eigenvalue weighted by molar-refractivity contribution is -0.123. The van der Waals surface area contributed by atoms with Crippen LogP contribution in [0.5, 0.6) is 5.75 Å². The lowest BCUT2D eigenvalue weighted by atomic mass is 10.2. The number of rotatable bonds is 5. The van der Waals surface area contributed by atoms with Crippen LogP contribution in [0.2, 0.25) is 0 Å². The molecule has 2 aromatic rings. The van der Waals surface area contributed by atoms with Crippen LogP contribution >= 0.6 is 0 Å². The molecule has 0 radical (unpaired) electrons. The average Bonchev–Trinajstić information content (AvgIpc) is 2.91. The predicted molar refractivity (Wildman–Crippen MR) is 71.1 cm³/mol. The lowest BCUT2D eigenvalue weighted by Gasteiger charge is -2.04. The van der Waals surface area contributed by atoms with Gasteiger partial charge in [0.15, 0.2) is 6.61 Å². The second-order valence-corrected chi connectivity index (χ2v) is 3.95. The monoisotopic (exact) mass is 258 g/mol. The molecule has 1 amide bonds. The maximum atomic E-state index is 11.4. The molecular weight excluding hydrogens is 244 g/mol. The summed E-state index contributed by atoms with van der Waals surface area (Å²) in [6, 6.07) is 9.21. The van der Waals surface area contributed by atoms with E-state index in [1.54, 1.807) is 6.07 Å². The Balaban J connectivity index is 1.74. The van der Waals surface area contributed by atoms with Gasteiger partial charge in [0.1, 0.15) is 5.75 Å². The Labute approximate surface area is 110 Å². The van der Waals surface area contributed by atoms with Gasteiger partial charge in [0, 0.05) is 5.56 Å². The van der Waals surface area contributed by atoms with E-state index in [9.17, 15) is 4.79 Å². The third kappa shape index (κ3) is 4.31. The standard InChI is InChI=1S/C14H14N2O3/c1-11-2-4-13(5-3-11)19-10-14(17)16-15-8-12-6-7-18-9-12/h2-9H,10H2,1H3,(H,16,17)/b15-8+. The zero-order valence-corrected chi connectivity index (χ0v) is 10.5. The van der Waals surface area contributed by atoms with Crippen LogP contribution in [-0.4, -0.2) is 18.7 Å². The van der Waals surface area contributed by atoms with Crippen LogP contribution in [0.25, 0.3) is 0 Å². The summed E-state index contributed by atoms with van der Waals surface area (Å²) >= 11 is 0. The van der Waals surface area contributed by atoms with Crippen molar-refractivity contribution in [1.82, 2.24) is 5.43 Å². The summed E-state index contributed by atoms with van der Waals surface area (Å²) in [5, 5.41) is 3.78. The predicted octanol–water partition coefficient (Wildman–Crippen LogP) is 2.12. The van der Waals surface area contributed by atoms with Crippen molar-refractivity contribution in [2.75, 3.05) is 6.61 Å². The largest absolute Gasteiger partial charge is 0.484 e. The molecular formula is C14H14N2O3. The molecule has 0 fully saturated rings. The molecule has 0 atom stereocenters. The quantitative estimate of drug-likeness (QED) is 0.660. The molecule has 1 heterocycles. The van der Waals surface area contributed by atoms with Gasteiger partial charge in [0.05, 0.1) is 18.7 Å². The number of aryl methyl sites for hydroxylation is 1. The second kappa shape index (κ2) is 6.39. The molecule has 1 aromatic heterocycles. The number of hydrogen-bond donors (Lipinski definition) is 1. The van der Waals surface area contributed by atoms with Gasteiger partial charge in [-0.2, -0.15) is 5.10 Å². The number of nitrogens with zero attached hydrogens (tertiary/aromatic N) is 1. The molecule has 0 bridgehead atoms. The number of carbonyl (C=O) groups is 1. The van der Waals surface area contributed by atoms with E-state index < -0.39 is 0 Å². The Morgan fingerprint density at radius 2 is 2.16 bits per heavy atom. The van der Waals surface area contributed by atoms with Crippen molar-refractivity contribution in [2.24, 2.45) is 5.10 Å². The smallest absolute Gasteiger partial charge is 0.277 e. The first-order valence-electron chi connectivity index (χ1n) is 5.77. The molecule has 0 aliphatic rings. The van der Waals surface area contributed by atoms with Gasteiger partial charge in [0.25, 0.3) is 5.91 Å². The molecule has 0 saturated heterocycles. The number of benzene rings is 1. The highest BCUT2D eigenvalue weighted by atomic mass is 16.5. The molecule has 0 unspecified atom stereocenters. The lowest BCUT2D eigenvalue weighted by Crippen LogP contribution is -2.24. The summed E-state index contributed by atoms with van der Waals surface area (Å²) in [4.78, 5) is 11.4. The Morgan fingerprint density at radius 1 is 1.37 bits per heavy atom. The number of ether oxygens (including phenoxy) is 1. The van der Waals surface area contributed by atoms with Gasteiger partial charge in [0.2, 0.25) is 0 Å². The zero-order valence-electron chi connectivity index (χ0n) is 10.5. The second-order valence-electron chi connectivity index (χ2n) is 3.95. The minimum atomic E-state index is -0.319. The van der Waals surface area contributed by atoms with E-state index in [0.29, 0.717) is 5.75 Å². The van der Waals surface area contributed by atoms with Crippen LogP contribution in [0.4, 0.5) is 0 Å². The Hall–Kier alpha value is -2.56. The maximum absolute atomic E-state index is 11.4. The minimum absolute atomic E-state index is 0.0776. The number of furan rings is 1. The van der Waals surface area contributed by atoms with Gasteiger partial charge in [-0.3, -0.25) is 4.79 Å². The van der Waals surface area contributed by atoms with Crippen molar-refractivity contribution in [3.8, 4) is 5.75 Å². The maximum Gasteiger partial charge on any atom is 0.277 e. The first-order chi connectivity index (χ1) is 9.24. The molecule has 98 valence electrons. The Bertz CT molecular complexity index is 545. The van der Waals surface area contributed by atoms with E-state index in [1.165, 1.54) is 18.7 Å². The number of amides is 1. The van der Waals surface area contributed by atoms with Gasteiger partial charge >= 0.3 is 0 Å². The van der Waals surface area contributed by atoms with Crippen molar-refractivity contribution in [3.05, 3.63) is 54.0 Å². The number of carbonyl (C=O) groups excluding carboxylic acids is 1. The fourth-order valence-electron chi connectivity index (χ4n) is 1.34. The Morgan fingerprint density at radius 3 is 2.84 bits per heavy atom. The van der Waals surface area contributed by atoms with Crippen molar-refractivity contribution < 1.29 is 13.9 Å². The summed E-state index contributed by atoms with van der Waals surface area (Å²) < 4.78 is 10.2. The molecule has 5 nitrogen and oxygen atoms in total. The molecule has 5 heteroatoms. The highest BCUT2D eigenvalue weighted by Gasteiger charge is 2.00. The van der Waals surface area contributed by atoms with Crippen molar-refractivity contribution >= 4 is 12.1 Å². The highest BCUT2D eigenvalue weighted by Crippen LogP contribution is 2.10. The van der Waals surface area contributed by atoms with E-state index in [-0.39, 0.29) is 12.5 Å². The van der Waals surface area contributed by atoms with Crippen LogP contribution in [0.15, 0.2) is 52.4 Å². The fourth-order valence-corrected chi connectivity index (χ4v) is 1.34. The normalized spacial score (nSPS) is 10.6. The number of hydrogen-bond acceptors (Lipinski definition) is 4. The van der Waals surface area contributed by atoms with Gasteiger partial charge in [-0.1, -0.05) is 17.7 Å². The van der Waals surface area contributed by atoms with E-state index in [1.807, 2.05) is 31.2 Å². The summed E-state index contributed by atoms with van der Waals surface area (Å²) in [7, 11) is 0. The van der Waals surface area contributed by atoms with Gasteiger partial charge < -0.3 is 9.15 Å². The molecule has 19 heavy (non-hydrogen) atoms. The van der Waals surface area contributed by atoms with Crippen LogP contribution in [0.1, 0.15) is 11.1 Å². The summed E-state index contributed by atoms with van der Waals surface area (Å²) in [6.07, 6.45) is 4.55. The topological polar surface area (TPSA) is 63.8 Å². The van der Waals surface area contributed by atoms with Gasteiger partial charge in [-0.05, 0) is 25.1 Å². The Kier molecular flexibility index (Phi) is 4.34. The van der Waals surface area contributed by atoms with Crippen LogP contribution in [-0.2, 0) is 4.79 Å². The molecule has 2 rings (SSSR count). The molecule has 1 N–H and O–H groups in total. The first-order valence-corrected chi connectivity index (χ1v) is 5.77. The molecule has 0 saturated carbocycles. The molecule has 1 aromatic carbocycles. The van der Waals surface area contributed by atoms with Crippen molar-refractivity contribution in [1.29, 1.82) is 0 Å². The average molecular weight is 258 g/mol. The van der Waals surface area contributed by atoms with E-state index in [2.05, 4.69) is 10.5 Å². The fraction of sp³-hybridized carbons (Fsp3) is 0.143. The van der Waals surface area contributed by atoms with Crippen molar-refractivity contribution in [3.63, 3.8) is 0 Å². The number of nitrogens with one attached hydrogen (secondary N) is 1. The van der Waals surface area contributed by atoms with Crippen LogP contribution < -0.4 is 10.2 Å². The highest BCUT2D eigenvalue weighted by molar-refractivity contribution is 5.82. The van der Waals surface area contributed by atoms with E-state index in [0.717, 1.165) is 11.1 Å². The van der Waals surface area contributed by atoms with Gasteiger partial charge in [-0.25, -0.2) is 5.43 Å². The van der Waals surface area contributed by atoms with Crippen molar-refractivity contribution in [2.45, 2.75) is 6.92 Å². The van der Waals surface area contributed by atoms with Crippen LogP contribution in [0, 0.1) is 6.92 Å². The SMILES string of the molecule is Cc1ccc(OCC(=O)N/N=C/c2ccoc2)cc1. The molecule has 0 spiro atoms.